The van der Waals surface area contributed by atoms with Crippen molar-refractivity contribution in [3.8, 4) is 0 Å². The number of esters is 2. The molecule has 0 radical (unpaired) electrons. The molecule has 21 heavy (non-hydrogen) atoms. The van der Waals surface area contributed by atoms with Crippen molar-refractivity contribution in [1.29, 1.82) is 0 Å². The standard InChI is InChI=1S/C15H20N2O4/c1-16-7-9-17(10-8-16)11-14(18)20-12-21-15(19)13-5-3-2-4-6-13/h2-6H,7-12H2,1H3. The minimum absolute atomic E-state index is 0.233. The third-order valence-electron chi connectivity index (χ3n) is 3.37. The summed E-state index contributed by atoms with van der Waals surface area (Å²) >= 11 is 0. The molecule has 1 aromatic carbocycles. The molecule has 1 heterocycles. The molecule has 1 fully saturated rings. The highest BCUT2D eigenvalue weighted by Crippen LogP contribution is 2.02. The summed E-state index contributed by atoms with van der Waals surface area (Å²) < 4.78 is 9.82. The Balaban J connectivity index is 1.64. The molecule has 0 spiro atoms. The third-order valence-corrected chi connectivity index (χ3v) is 3.37. The monoisotopic (exact) mass is 292 g/mol. The van der Waals surface area contributed by atoms with Crippen molar-refractivity contribution in [3.63, 3.8) is 0 Å². The summed E-state index contributed by atoms with van der Waals surface area (Å²) in [4.78, 5) is 27.5. The van der Waals surface area contributed by atoms with Gasteiger partial charge in [-0.15, -0.1) is 0 Å². The lowest BCUT2D eigenvalue weighted by molar-refractivity contribution is -0.153. The van der Waals surface area contributed by atoms with Crippen LogP contribution in [0.1, 0.15) is 10.4 Å². The fraction of sp³-hybridized carbons (Fsp3) is 0.467. The highest BCUT2D eigenvalue weighted by molar-refractivity contribution is 5.89. The Bertz CT molecular complexity index is 470. The number of benzene rings is 1. The average molecular weight is 292 g/mol. The van der Waals surface area contributed by atoms with Crippen LogP contribution in [0.2, 0.25) is 0 Å². The van der Waals surface area contributed by atoms with Crippen molar-refractivity contribution in [3.05, 3.63) is 35.9 Å². The molecule has 1 aliphatic rings. The summed E-state index contributed by atoms with van der Waals surface area (Å²) in [5.74, 6) is -0.872. The van der Waals surface area contributed by atoms with Gasteiger partial charge in [0.15, 0.2) is 0 Å². The molecule has 2 rings (SSSR count). The van der Waals surface area contributed by atoms with Crippen LogP contribution >= 0.6 is 0 Å². The van der Waals surface area contributed by atoms with Crippen LogP contribution in [0, 0.1) is 0 Å². The number of carbonyl (C=O) groups excluding carboxylic acids is 2. The summed E-state index contributed by atoms with van der Waals surface area (Å²) in [6, 6.07) is 8.60. The van der Waals surface area contributed by atoms with E-state index in [-0.39, 0.29) is 19.3 Å². The SMILES string of the molecule is CN1CCN(CC(=O)OCOC(=O)c2ccccc2)CC1. The van der Waals surface area contributed by atoms with Gasteiger partial charge in [-0.25, -0.2) is 4.79 Å². The van der Waals surface area contributed by atoms with Crippen LogP contribution in [0.5, 0.6) is 0 Å². The van der Waals surface area contributed by atoms with Crippen LogP contribution in [-0.2, 0) is 14.3 Å². The summed E-state index contributed by atoms with van der Waals surface area (Å²) in [7, 11) is 2.05. The van der Waals surface area contributed by atoms with Crippen LogP contribution in [0.4, 0.5) is 0 Å². The molecule has 1 aromatic rings. The largest absolute Gasteiger partial charge is 0.427 e. The van der Waals surface area contributed by atoms with E-state index in [4.69, 9.17) is 9.47 Å². The molecule has 0 N–H and O–H groups in total. The van der Waals surface area contributed by atoms with E-state index in [9.17, 15) is 9.59 Å². The molecule has 6 heteroatoms. The second-order valence-electron chi connectivity index (χ2n) is 5.01. The normalized spacial score (nSPS) is 16.4. The second-order valence-corrected chi connectivity index (χ2v) is 5.01. The van der Waals surface area contributed by atoms with Gasteiger partial charge in [0.1, 0.15) is 0 Å². The Kier molecular flexibility index (Phi) is 5.71. The lowest BCUT2D eigenvalue weighted by Crippen LogP contribution is -2.46. The molecule has 114 valence electrons. The van der Waals surface area contributed by atoms with Crippen molar-refractivity contribution >= 4 is 11.9 Å². The molecule has 0 aliphatic carbocycles. The van der Waals surface area contributed by atoms with Gasteiger partial charge in [-0.2, -0.15) is 0 Å². The van der Waals surface area contributed by atoms with Crippen molar-refractivity contribution in [2.45, 2.75) is 0 Å². The van der Waals surface area contributed by atoms with Crippen LogP contribution in [0.3, 0.4) is 0 Å². The van der Waals surface area contributed by atoms with E-state index in [1.54, 1.807) is 24.3 Å². The quantitative estimate of drug-likeness (QED) is 0.585. The Morgan fingerprint density at radius 2 is 1.71 bits per heavy atom. The molecular formula is C15H20N2O4. The van der Waals surface area contributed by atoms with Gasteiger partial charge in [-0.3, -0.25) is 9.69 Å². The number of ether oxygens (including phenoxy) is 2. The van der Waals surface area contributed by atoms with Gasteiger partial charge in [0, 0.05) is 26.2 Å². The number of carbonyl (C=O) groups is 2. The number of hydrogen-bond acceptors (Lipinski definition) is 6. The maximum atomic E-state index is 11.6. The van der Waals surface area contributed by atoms with Gasteiger partial charge in [0.05, 0.1) is 12.1 Å². The van der Waals surface area contributed by atoms with Gasteiger partial charge in [-0.1, -0.05) is 18.2 Å². The van der Waals surface area contributed by atoms with Gasteiger partial charge in [0.2, 0.25) is 6.79 Å². The lowest BCUT2D eigenvalue weighted by atomic mass is 10.2. The molecular weight excluding hydrogens is 272 g/mol. The summed E-state index contributed by atoms with van der Waals surface area (Å²) in [6.45, 7) is 3.45. The predicted molar refractivity (Wildman–Crippen MR) is 76.8 cm³/mol. The minimum atomic E-state index is -0.497. The average Bonchev–Trinajstić information content (AvgIpc) is 2.50. The van der Waals surface area contributed by atoms with Gasteiger partial charge in [-0.05, 0) is 19.2 Å². The van der Waals surface area contributed by atoms with Gasteiger partial charge >= 0.3 is 11.9 Å². The first kappa shape index (κ1) is 15.5. The van der Waals surface area contributed by atoms with E-state index >= 15 is 0 Å². The van der Waals surface area contributed by atoms with E-state index in [1.165, 1.54) is 0 Å². The first-order valence-corrected chi connectivity index (χ1v) is 6.94. The zero-order valence-electron chi connectivity index (χ0n) is 12.2. The molecule has 0 aromatic heterocycles. The highest BCUT2D eigenvalue weighted by atomic mass is 16.7. The van der Waals surface area contributed by atoms with Crippen molar-refractivity contribution in [1.82, 2.24) is 9.80 Å². The molecule has 0 saturated carbocycles. The van der Waals surface area contributed by atoms with E-state index in [0.29, 0.717) is 5.56 Å². The van der Waals surface area contributed by atoms with E-state index in [2.05, 4.69) is 11.9 Å². The minimum Gasteiger partial charge on any atom is -0.427 e. The smallest absolute Gasteiger partial charge is 0.340 e. The maximum Gasteiger partial charge on any atom is 0.340 e. The molecule has 1 aliphatic heterocycles. The summed E-state index contributed by atoms with van der Waals surface area (Å²) in [5, 5.41) is 0. The molecule has 0 unspecified atom stereocenters. The van der Waals surface area contributed by atoms with E-state index in [1.807, 2.05) is 11.0 Å². The molecule has 0 bridgehead atoms. The topological polar surface area (TPSA) is 59.1 Å². The maximum absolute atomic E-state index is 11.6. The number of likely N-dealkylation sites (N-methyl/N-ethyl adjacent to an activating group) is 1. The highest BCUT2D eigenvalue weighted by Gasteiger charge is 2.17. The first-order chi connectivity index (χ1) is 10.1. The molecule has 1 saturated heterocycles. The molecule has 0 atom stereocenters. The molecule has 0 amide bonds. The number of rotatable bonds is 5. The Morgan fingerprint density at radius 1 is 1.05 bits per heavy atom. The Morgan fingerprint density at radius 3 is 2.38 bits per heavy atom. The van der Waals surface area contributed by atoms with Crippen LogP contribution in [0.15, 0.2) is 30.3 Å². The summed E-state index contributed by atoms with van der Waals surface area (Å²) in [5.41, 5.74) is 0.438. The third kappa shape index (κ3) is 5.17. The van der Waals surface area contributed by atoms with Crippen LogP contribution < -0.4 is 0 Å². The summed E-state index contributed by atoms with van der Waals surface area (Å²) in [6.07, 6.45) is 0. The van der Waals surface area contributed by atoms with E-state index in [0.717, 1.165) is 26.2 Å². The van der Waals surface area contributed by atoms with Crippen molar-refractivity contribution in [2.75, 3.05) is 46.6 Å². The van der Waals surface area contributed by atoms with Gasteiger partial charge in [0.25, 0.3) is 0 Å². The lowest BCUT2D eigenvalue weighted by Gasteiger charge is -2.31. The number of hydrogen-bond donors (Lipinski definition) is 0. The second kappa shape index (κ2) is 7.75. The Hall–Kier alpha value is -1.92. The van der Waals surface area contributed by atoms with Crippen LogP contribution in [-0.4, -0.2) is 68.3 Å². The number of nitrogens with zero attached hydrogens (tertiary/aromatic N) is 2. The number of piperazine rings is 1. The fourth-order valence-electron chi connectivity index (χ4n) is 2.04. The van der Waals surface area contributed by atoms with Crippen molar-refractivity contribution < 1.29 is 19.1 Å². The van der Waals surface area contributed by atoms with Gasteiger partial charge < -0.3 is 14.4 Å². The van der Waals surface area contributed by atoms with E-state index < -0.39 is 5.97 Å². The first-order valence-electron chi connectivity index (χ1n) is 6.94. The zero-order valence-corrected chi connectivity index (χ0v) is 12.2. The predicted octanol–water partition coefficient (Wildman–Crippen LogP) is 0.591. The fourth-order valence-corrected chi connectivity index (χ4v) is 2.04. The Labute approximate surface area is 124 Å². The van der Waals surface area contributed by atoms with Crippen LogP contribution in [0.25, 0.3) is 0 Å². The van der Waals surface area contributed by atoms with Crippen molar-refractivity contribution in [2.24, 2.45) is 0 Å². The zero-order chi connectivity index (χ0) is 15.1. The molecule has 6 nitrogen and oxygen atoms in total.